The first-order valence-electron chi connectivity index (χ1n) is 9.26. The van der Waals surface area contributed by atoms with Crippen molar-refractivity contribution in [3.8, 4) is 11.5 Å². The Morgan fingerprint density at radius 3 is 2.61 bits per heavy atom. The molecule has 0 fully saturated rings. The topological polar surface area (TPSA) is 52.6 Å². The molecule has 0 saturated heterocycles. The van der Waals surface area contributed by atoms with Crippen LogP contribution in [0.2, 0.25) is 0 Å². The average Bonchev–Trinajstić information content (AvgIpc) is 3.02. The van der Waals surface area contributed by atoms with Crippen molar-refractivity contribution in [1.29, 1.82) is 0 Å². The number of alkyl halides is 2. The van der Waals surface area contributed by atoms with Gasteiger partial charge in [-0.2, -0.15) is 8.78 Å². The molecule has 152 valence electrons. The largest absolute Gasteiger partial charge is 0.489 e. The summed E-state index contributed by atoms with van der Waals surface area (Å²) in [6.07, 6.45) is 1.60. The SMILES string of the molecule is CC(C)S(=O)(=O)CC1CCc2cc(OCc3ccccc3OC(F)F)ccc21. The highest BCUT2D eigenvalue weighted by Gasteiger charge is 2.29. The summed E-state index contributed by atoms with van der Waals surface area (Å²) in [7, 11) is -3.10. The molecule has 7 heteroatoms. The zero-order chi connectivity index (χ0) is 20.3. The van der Waals surface area contributed by atoms with E-state index in [1.165, 1.54) is 6.07 Å². The number of ether oxygens (including phenoxy) is 2. The van der Waals surface area contributed by atoms with Crippen molar-refractivity contribution in [2.45, 2.75) is 51.1 Å². The lowest BCUT2D eigenvalue weighted by molar-refractivity contribution is -0.0508. The molecule has 1 aliphatic carbocycles. The number of rotatable bonds is 8. The number of hydrogen-bond acceptors (Lipinski definition) is 4. The van der Waals surface area contributed by atoms with Crippen molar-refractivity contribution in [2.75, 3.05) is 5.75 Å². The Hall–Kier alpha value is -2.15. The second-order valence-corrected chi connectivity index (χ2v) is 9.85. The lowest BCUT2D eigenvalue weighted by Crippen LogP contribution is -2.21. The fraction of sp³-hybridized carbons (Fsp3) is 0.429. The molecule has 0 saturated carbocycles. The third-order valence-corrected chi connectivity index (χ3v) is 7.35. The van der Waals surface area contributed by atoms with Gasteiger partial charge in [0.05, 0.1) is 11.0 Å². The predicted octanol–water partition coefficient (Wildman–Crippen LogP) is 4.72. The van der Waals surface area contributed by atoms with E-state index < -0.39 is 16.4 Å². The molecule has 0 aliphatic heterocycles. The summed E-state index contributed by atoms with van der Waals surface area (Å²) in [4.78, 5) is 0. The molecule has 4 nitrogen and oxygen atoms in total. The third-order valence-electron chi connectivity index (χ3n) is 5.05. The second kappa shape index (κ2) is 8.47. The number of hydrogen-bond donors (Lipinski definition) is 0. The Kier molecular flexibility index (Phi) is 6.23. The summed E-state index contributed by atoms with van der Waals surface area (Å²) in [6.45, 7) is 0.627. The summed E-state index contributed by atoms with van der Waals surface area (Å²) >= 11 is 0. The van der Waals surface area contributed by atoms with Crippen molar-refractivity contribution in [3.05, 3.63) is 59.2 Å². The van der Waals surface area contributed by atoms with Crippen molar-refractivity contribution >= 4 is 9.84 Å². The number of sulfone groups is 1. The summed E-state index contributed by atoms with van der Waals surface area (Å²) < 4.78 is 59.8. The first-order chi connectivity index (χ1) is 13.3. The van der Waals surface area contributed by atoms with Gasteiger partial charge >= 0.3 is 6.61 Å². The molecule has 0 amide bonds. The van der Waals surface area contributed by atoms with Crippen LogP contribution in [-0.4, -0.2) is 26.0 Å². The number of benzene rings is 2. The van der Waals surface area contributed by atoms with Gasteiger partial charge in [0.2, 0.25) is 0 Å². The summed E-state index contributed by atoms with van der Waals surface area (Å²) in [5.74, 6) is 0.892. The minimum absolute atomic E-state index is 0.0108. The number of aryl methyl sites for hydroxylation is 1. The number of halogens is 2. The van der Waals surface area contributed by atoms with Crippen LogP contribution in [0.1, 0.15) is 42.9 Å². The smallest absolute Gasteiger partial charge is 0.387 e. The van der Waals surface area contributed by atoms with E-state index >= 15 is 0 Å². The summed E-state index contributed by atoms with van der Waals surface area (Å²) in [5.41, 5.74) is 2.67. The van der Waals surface area contributed by atoms with E-state index in [9.17, 15) is 17.2 Å². The maximum absolute atomic E-state index is 12.5. The summed E-state index contributed by atoms with van der Waals surface area (Å²) in [6, 6.07) is 12.1. The van der Waals surface area contributed by atoms with Gasteiger partial charge in [0.1, 0.15) is 18.1 Å². The van der Waals surface area contributed by atoms with Gasteiger partial charge in [0, 0.05) is 5.56 Å². The minimum atomic E-state index is -3.10. The van der Waals surface area contributed by atoms with Gasteiger partial charge in [-0.15, -0.1) is 0 Å². The van der Waals surface area contributed by atoms with Gasteiger partial charge < -0.3 is 9.47 Å². The van der Waals surface area contributed by atoms with E-state index in [4.69, 9.17) is 4.74 Å². The van der Waals surface area contributed by atoms with Gasteiger partial charge in [0.15, 0.2) is 9.84 Å². The van der Waals surface area contributed by atoms with Crippen LogP contribution >= 0.6 is 0 Å². The quantitative estimate of drug-likeness (QED) is 0.632. The molecule has 1 unspecified atom stereocenters. The zero-order valence-corrected chi connectivity index (χ0v) is 16.7. The van der Waals surface area contributed by atoms with Gasteiger partial charge in [-0.1, -0.05) is 24.3 Å². The third kappa shape index (κ3) is 4.82. The highest BCUT2D eigenvalue weighted by molar-refractivity contribution is 7.92. The van der Waals surface area contributed by atoms with Crippen molar-refractivity contribution in [3.63, 3.8) is 0 Å². The minimum Gasteiger partial charge on any atom is -0.489 e. The molecule has 2 aromatic carbocycles. The average molecular weight is 410 g/mol. The van der Waals surface area contributed by atoms with E-state index in [2.05, 4.69) is 4.74 Å². The normalized spacial score (nSPS) is 16.4. The van der Waals surface area contributed by atoms with Gasteiger partial charge in [-0.3, -0.25) is 0 Å². The molecular weight excluding hydrogens is 386 g/mol. The standard InChI is InChI=1S/C21H24F2O4S/c1-14(2)28(24,25)13-17-8-7-15-11-18(9-10-19(15)17)26-12-16-5-3-4-6-20(16)27-21(22)23/h3-6,9-11,14,17,21H,7-8,12-13H2,1-2H3. The predicted molar refractivity (Wildman–Crippen MR) is 104 cm³/mol. The van der Waals surface area contributed by atoms with Crippen LogP contribution < -0.4 is 9.47 Å². The number of para-hydroxylation sites is 1. The molecule has 0 heterocycles. The molecule has 1 aliphatic rings. The maximum atomic E-state index is 12.5. The van der Waals surface area contributed by atoms with Gasteiger partial charge in [0.25, 0.3) is 0 Å². The van der Waals surface area contributed by atoms with Crippen LogP contribution in [0.15, 0.2) is 42.5 Å². The summed E-state index contributed by atoms with van der Waals surface area (Å²) in [5, 5.41) is -0.380. The van der Waals surface area contributed by atoms with Crippen molar-refractivity contribution in [2.24, 2.45) is 0 Å². The van der Waals surface area contributed by atoms with Crippen LogP contribution in [0.5, 0.6) is 11.5 Å². The second-order valence-electron chi connectivity index (χ2n) is 7.25. The molecule has 28 heavy (non-hydrogen) atoms. The van der Waals surface area contributed by atoms with Gasteiger partial charge in [-0.25, -0.2) is 8.42 Å². The Morgan fingerprint density at radius 2 is 1.89 bits per heavy atom. The van der Waals surface area contributed by atoms with Crippen LogP contribution in [0.25, 0.3) is 0 Å². The van der Waals surface area contributed by atoms with Crippen molar-refractivity contribution in [1.82, 2.24) is 0 Å². The zero-order valence-electron chi connectivity index (χ0n) is 15.9. The molecule has 3 rings (SSSR count). The highest BCUT2D eigenvalue weighted by atomic mass is 32.2. The molecule has 0 spiro atoms. The Morgan fingerprint density at radius 1 is 1.14 bits per heavy atom. The van der Waals surface area contributed by atoms with E-state index in [0.717, 1.165) is 24.0 Å². The van der Waals surface area contributed by atoms with Gasteiger partial charge in [-0.05, 0) is 61.9 Å². The van der Waals surface area contributed by atoms with Crippen LogP contribution in [-0.2, 0) is 22.9 Å². The lowest BCUT2D eigenvalue weighted by Gasteiger charge is -2.15. The molecule has 0 radical (unpaired) electrons. The monoisotopic (exact) mass is 410 g/mol. The number of fused-ring (bicyclic) bond motifs is 1. The first kappa shape index (κ1) is 20.6. The fourth-order valence-corrected chi connectivity index (χ4v) is 4.70. The van der Waals surface area contributed by atoms with E-state index in [1.807, 2.05) is 12.1 Å². The molecule has 0 bridgehead atoms. The Bertz CT molecular complexity index is 926. The van der Waals surface area contributed by atoms with Crippen molar-refractivity contribution < 1.29 is 26.7 Å². The molecular formula is C21H24F2O4S. The maximum Gasteiger partial charge on any atom is 0.387 e. The Labute approximate surface area is 164 Å². The molecule has 2 aromatic rings. The van der Waals surface area contributed by atoms with Crippen LogP contribution in [0, 0.1) is 0 Å². The van der Waals surface area contributed by atoms with Crippen LogP contribution in [0.4, 0.5) is 8.78 Å². The van der Waals surface area contributed by atoms with E-state index in [0.29, 0.717) is 11.3 Å². The first-order valence-corrected chi connectivity index (χ1v) is 11.0. The van der Waals surface area contributed by atoms with Crippen LogP contribution in [0.3, 0.4) is 0 Å². The van der Waals surface area contributed by atoms with E-state index in [-0.39, 0.29) is 29.3 Å². The fourth-order valence-electron chi connectivity index (χ4n) is 3.41. The highest BCUT2D eigenvalue weighted by Crippen LogP contribution is 2.37. The molecule has 1 atom stereocenters. The lowest BCUT2D eigenvalue weighted by atomic mass is 10.0. The van der Waals surface area contributed by atoms with E-state index in [1.54, 1.807) is 38.1 Å². The molecule has 0 N–H and O–H groups in total. The Balaban J connectivity index is 1.69. The molecule has 0 aromatic heterocycles.